The van der Waals surface area contributed by atoms with Gasteiger partial charge in [-0.05, 0) is 18.2 Å². The molecule has 1 N–H and O–H groups in total. The van der Waals surface area contributed by atoms with Crippen LogP contribution in [0.3, 0.4) is 0 Å². The highest BCUT2D eigenvalue weighted by molar-refractivity contribution is 5.71. The lowest BCUT2D eigenvalue weighted by atomic mass is 10.1. The van der Waals surface area contributed by atoms with Crippen LogP contribution >= 0.6 is 0 Å². The summed E-state index contributed by atoms with van der Waals surface area (Å²) in [7, 11) is 0. The summed E-state index contributed by atoms with van der Waals surface area (Å²) in [5.41, 5.74) is 0.774. The topological polar surface area (TPSA) is 52.9 Å². The molecular formula is C9H7FN2O. The highest BCUT2D eigenvalue weighted by atomic mass is 19.1. The second-order valence-corrected chi connectivity index (χ2v) is 2.40. The van der Waals surface area contributed by atoms with Crippen LogP contribution in [0.15, 0.2) is 18.2 Å². The molecule has 1 aromatic rings. The molecular weight excluding hydrogens is 171 g/mol. The van der Waals surface area contributed by atoms with Gasteiger partial charge in [-0.2, -0.15) is 5.26 Å². The molecule has 13 heavy (non-hydrogen) atoms. The van der Waals surface area contributed by atoms with Crippen LogP contribution < -0.4 is 5.32 Å². The Morgan fingerprint density at radius 2 is 2.38 bits per heavy atom. The third-order valence-corrected chi connectivity index (χ3v) is 1.54. The van der Waals surface area contributed by atoms with Gasteiger partial charge in [0, 0.05) is 11.3 Å². The number of anilines is 1. The lowest BCUT2D eigenvalue weighted by Gasteiger charge is -2.01. The molecule has 4 heteroatoms. The maximum absolute atomic E-state index is 12.9. The number of hydrogen-bond acceptors (Lipinski definition) is 2. The highest BCUT2D eigenvalue weighted by Gasteiger charge is 2.02. The highest BCUT2D eigenvalue weighted by Crippen LogP contribution is 2.14. The molecule has 1 amide bonds. The van der Waals surface area contributed by atoms with Gasteiger partial charge in [0.2, 0.25) is 6.41 Å². The monoisotopic (exact) mass is 178 g/mol. The van der Waals surface area contributed by atoms with E-state index in [9.17, 15) is 9.18 Å². The SMILES string of the molecule is N#CCc1cc(NC=O)ccc1F. The first kappa shape index (κ1) is 9.20. The number of hydrogen-bond donors (Lipinski definition) is 1. The first-order valence-corrected chi connectivity index (χ1v) is 3.63. The van der Waals surface area contributed by atoms with E-state index in [0.29, 0.717) is 12.1 Å². The fraction of sp³-hybridized carbons (Fsp3) is 0.111. The number of rotatable bonds is 3. The summed E-state index contributed by atoms with van der Waals surface area (Å²) in [6, 6.07) is 5.93. The molecule has 0 radical (unpaired) electrons. The zero-order valence-electron chi connectivity index (χ0n) is 6.75. The Hall–Kier alpha value is -1.89. The number of carbonyl (C=O) groups is 1. The van der Waals surface area contributed by atoms with E-state index in [1.54, 1.807) is 0 Å². The first-order chi connectivity index (χ1) is 6.27. The molecule has 0 heterocycles. The van der Waals surface area contributed by atoms with Gasteiger partial charge in [0.1, 0.15) is 5.82 Å². The summed E-state index contributed by atoms with van der Waals surface area (Å²) < 4.78 is 12.9. The molecule has 0 bridgehead atoms. The molecule has 1 aromatic carbocycles. The fourth-order valence-electron chi connectivity index (χ4n) is 0.953. The van der Waals surface area contributed by atoms with Crippen LogP contribution in [0, 0.1) is 17.1 Å². The summed E-state index contributed by atoms with van der Waals surface area (Å²) >= 11 is 0. The molecule has 0 aliphatic heterocycles. The van der Waals surface area contributed by atoms with Gasteiger partial charge in [-0.25, -0.2) is 4.39 Å². The first-order valence-electron chi connectivity index (χ1n) is 3.63. The number of amides is 1. The summed E-state index contributed by atoms with van der Waals surface area (Å²) in [6.45, 7) is 0. The van der Waals surface area contributed by atoms with E-state index < -0.39 is 5.82 Å². The maximum atomic E-state index is 12.9. The van der Waals surface area contributed by atoms with E-state index in [1.807, 2.05) is 6.07 Å². The van der Waals surface area contributed by atoms with Crippen molar-refractivity contribution in [1.29, 1.82) is 5.26 Å². The molecule has 3 nitrogen and oxygen atoms in total. The lowest BCUT2D eigenvalue weighted by molar-refractivity contribution is -0.105. The van der Waals surface area contributed by atoms with Gasteiger partial charge in [-0.1, -0.05) is 0 Å². The minimum atomic E-state index is -0.432. The van der Waals surface area contributed by atoms with Crippen LogP contribution in [0.25, 0.3) is 0 Å². The van der Waals surface area contributed by atoms with E-state index in [-0.39, 0.29) is 12.0 Å². The van der Waals surface area contributed by atoms with Crippen molar-refractivity contribution in [2.75, 3.05) is 5.32 Å². The van der Waals surface area contributed by atoms with Crippen LogP contribution in [0.5, 0.6) is 0 Å². The van der Waals surface area contributed by atoms with Crippen LogP contribution in [-0.2, 0) is 11.2 Å². The van der Waals surface area contributed by atoms with Gasteiger partial charge < -0.3 is 5.32 Å². The molecule has 0 fully saturated rings. The van der Waals surface area contributed by atoms with Crippen LogP contribution in [0.2, 0.25) is 0 Å². The molecule has 0 saturated carbocycles. The normalized spacial score (nSPS) is 8.92. The van der Waals surface area contributed by atoms with E-state index in [0.717, 1.165) is 0 Å². The lowest BCUT2D eigenvalue weighted by Crippen LogP contribution is -1.96. The molecule has 0 atom stereocenters. The molecule has 1 rings (SSSR count). The van der Waals surface area contributed by atoms with Crippen molar-refractivity contribution in [3.8, 4) is 6.07 Å². The minimum absolute atomic E-state index is 0.000209. The Kier molecular flexibility index (Phi) is 2.98. The fourth-order valence-corrected chi connectivity index (χ4v) is 0.953. The predicted molar refractivity (Wildman–Crippen MR) is 45.4 cm³/mol. The molecule has 66 valence electrons. The number of nitrogens with zero attached hydrogens (tertiary/aromatic N) is 1. The zero-order valence-corrected chi connectivity index (χ0v) is 6.75. The van der Waals surface area contributed by atoms with Crippen molar-refractivity contribution in [2.24, 2.45) is 0 Å². The largest absolute Gasteiger partial charge is 0.329 e. The quantitative estimate of drug-likeness (QED) is 0.712. The van der Waals surface area contributed by atoms with Crippen LogP contribution in [0.1, 0.15) is 5.56 Å². The molecule has 0 aromatic heterocycles. The van der Waals surface area contributed by atoms with E-state index in [4.69, 9.17) is 5.26 Å². The standard InChI is InChI=1S/C9H7FN2O/c10-9-2-1-8(12-6-13)5-7(9)3-4-11/h1-2,5-6H,3H2,(H,12,13). The van der Waals surface area contributed by atoms with Crippen LogP contribution in [-0.4, -0.2) is 6.41 Å². The molecule has 0 spiro atoms. The van der Waals surface area contributed by atoms with Gasteiger partial charge in [-0.15, -0.1) is 0 Å². The number of benzene rings is 1. The molecule has 0 aliphatic rings. The predicted octanol–water partition coefficient (Wildman–Crippen LogP) is 1.46. The van der Waals surface area contributed by atoms with Crippen molar-refractivity contribution in [3.63, 3.8) is 0 Å². The number of carbonyl (C=O) groups excluding carboxylic acids is 1. The Bertz CT molecular complexity index is 357. The maximum Gasteiger partial charge on any atom is 0.211 e. The van der Waals surface area contributed by atoms with E-state index >= 15 is 0 Å². The second-order valence-electron chi connectivity index (χ2n) is 2.40. The average molecular weight is 178 g/mol. The van der Waals surface area contributed by atoms with Gasteiger partial charge >= 0.3 is 0 Å². The zero-order chi connectivity index (χ0) is 9.68. The van der Waals surface area contributed by atoms with Crippen LogP contribution in [0.4, 0.5) is 10.1 Å². The van der Waals surface area contributed by atoms with Gasteiger partial charge in [0.05, 0.1) is 12.5 Å². The Labute approximate surface area is 74.8 Å². The number of halogens is 1. The number of nitriles is 1. The van der Waals surface area contributed by atoms with Crippen molar-refractivity contribution in [3.05, 3.63) is 29.6 Å². The molecule has 0 unspecified atom stereocenters. The third kappa shape index (κ3) is 2.27. The smallest absolute Gasteiger partial charge is 0.211 e. The average Bonchev–Trinajstić information content (AvgIpc) is 2.12. The Morgan fingerprint density at radius 1 is 1.62 bits per heavy atom. The molecule has 0 aliphatic carbocycles. The van der Waals surface area contributed by atoms with Crippen molar-refractivity contribution < 1.29 is 9.18 Å². The van der Waals surface area contributed by atoms with Gasteiger partial charge in [0.15, 0.2) is 0 Å². The van der Waals surface area contributed by atoms with Gasteiger partial charge in [0.25, 0.3) is 0 Å². The van der Waals surface area contributed by atoms with E-state index in [1.165, 1.54) is 18.2 Å². The second kappa shape index (κ2) is 4.21. The summed E-state index contributed by atoms with van der Waals surface area (Å²) in [4.78, 5) is 10.1. The summed E-state index contributed by atoms with van der Waals surface area (Å²) in [6.07, 6.45) is 0.504. The summed E-state index contributed by atoms with van der Waals surface area (Å²) in [5, 5.41) is 10.7. The third-order valence-electron chi connectivity index (χ3n) is 1.54. The van der Waals surface area contributed by atoms with Gasteiger partial charge in [-0.3, -0.25) is 4.79 Å². The molecule has 0 saturated heterocycles. The Balaban J connectivity index is 2.97. The Morgan fingerprint density at radius 3 is 3.00 bits per heavy atom. The van der Waals surface area contributed by atoms with Crippen molar-refractivity contribution in [1.82, 2.24) is 0 Å². The number of nitrogens with one attached hydrogen (secondary N) is 1. The van der Waals surface area contributed by atoms with E-state index in [2.05, 4.69) is 5.32 Å². The van der Waals surface area contributed by atoms with Crippen molar-refractivity contribution >= 4 is 12.1 Å². The summed E-state index contributed by atoms with van der Waals surface area (Å²) in [5.74, 6) is -0.432. The van der Waals surface area contributed by atoms with Crippen molar-refractivity contribution in [2.45, 2.75) is 6.42 Å². The minimum Gasteiger partial charge on any atom is -0.329 e.